The Morgan fingerprint density at radius 3 is 2.68 bits per heavy atom. The summed E-state index contributed by atoms with van der Waals surface area (Å²) >= 11 is 0. The Morgan fingerprint density at radius 1 is 1.18 bits per heavy atom. The van der Waals surface area contributed by atoms with E-state index in [1.54, 1.807) is 17.9 Å². The maximum Gasteiger partial charge on any atom is 0.246 e. The molecule has 0 fully saturated rings. The van der Waals surface area contributed by atoms with Gasteiger partial charge in [-0.2, -0.15) is 5.10 Å². The summed E-state index contributed by atoms with van der Waals surface area (Å²) in [5.41, 5.74) is 5.60. The van der Waals surface area contributed by atoms with Crippen LogP contribution in [0.1, 0.15) is 22.7 Å². The van der Waals surface area contributed by atoms with Gasteiger partial charge in [-0.1, -0.05) is 30.3 Å². The van der Waals surface area contributed by atoms with Crippen LogP contribution in [-0.2, 0) is 24.8 Å². The zero-order chi connectivity index (χ0) is 19.5. The monoisotopic (exact) mass is 375 g/mol. The van der Waals surface area contributed by atoms with Crippen LogP contribution in [-0.4, -0.2) is 29.3 Å². The Morgan fingerprint density at radius 2 is 1.96 bits per heavy atom. The van der Waals surface area contributed by atoms with Crippen LogP contribution in [0.4, 0.5) is 11.4 Å². The molecule has 0 saturated heterocycles. The van der Waals surface area contributed by atoms with Crippen molar-refractivity contribution in [3.05, 3.63) is 77.6 Å². The maximum absolute atomic E-state index is 12.6. The van der Waals surface area contributed by atoms with Crippen LogP contribution in [0.15, 0.2) is 60.9 Å². The molecule has 144 valence electrons. The van der Waals surface area contributed by atoms with Crippen LogP contribution in [0.3, 0.4) is 0 Å². The standard InChI is InChI=1S/C22H25N5O/c1-23-21(18-13-24-26(2)15-18)22(28)25-19-9-7-16(8-10-19)14-27-12-11-17-5-3-4-6-20(17)27/h3-10,13,15,21,23H,11-12,14H2,1-2H3,(H,25,28). The molecule has 6 heteroatoms. The Labute approximate surface area is 165 Å². The number of hydrogen-bond acceptors (Lipinski definition) is 4. The van der Waals surface area contributed by atoms with E-state index in [9.17, 15) is 4.79 Å². The summed E-state index contributed by atoms with van der Waals surface area (Å²) in [6.45, 7) is 1.92. The fourth-order valence-corrected chi connectivity index (χ4v) is 3.74. The van der Waals surface area contributed by atoms with Crippen LogP contribution in [0.5, 0.6) is 0 Å². The third-order valence-electron chi connectivity index (χ3n) is 5.19. The minimum absolute atomic E-state index is 0.100. The molecule has 28 heavy (non-hydrogen) atoms. The first kappa shape index (κ1) is 18.3. The lowest BCUT2D eigenvalue weighted by Gasteiger charge is -2.20. The van der Waals surface area contributed by atoms with Crippen LogP contribution >= 0.6 is 0 Å². The molecular formula is C22H25N5O. The molecule has 1 aromatic heterocycles. The number of para-hydroxylation sites is 1. The summed E-state index contributed by atoms with van der Waals surface area (Å²) in [6.07, 6.45) is 4.65. The quantitative estimate of drug-likeness (QED) is 0.695. The molecule has 4 rings (SSSR count). The molecule has 0 aliphatic carbocycles. The highest BCUT2D eigenvalue weighted by molar-refractivity contribution is 5.95. The Kier molecular flexibility index (Phi) is 5.12. The van der Waals surface area contributed by atoms with Crippen molar-refractivity contribution in [3.8, 4) is 0 Å². The molecule has 2 aromatic carbocycles. The Balaban J connectivity index is 1.40. The summed E-state index contributed by atoms with van der Waals surface area (Å²) in [5.74, 6) is -0.100. The lowest BCUT2D eigenvalue weighted by Crippen LogP contribution is -2.30. The molecular weight excluding hydrogens is 350 g/mol. The summed E-state index contributed by atoms with van der Waals surface area (Å²) in [5, 5.41) is 10.2. The molecule has 1 aliphatic rings. The third kappa shape index (κ3) is 3.77. The van der Waals surface area contributed by atoms with Gasteiger partial charge in [0.15, 0.2) is 0 Å². The molecule has 6 nitrogen and oxygen atoms in total. The minimum Gasteiger partial charge on any atom is -0.367 e. The Hall–Kier alpha value is -3.12. The molecule has 3 aromatic rings. The van der Waals surface area contributed by atoms with Gasteiger partial charge in [0.2, 0.25) is 5.91 Å². The van der Waals surface area contributed by atoms with Gasteiger partial charge in [0, 0.05) is 43.3 Å². The van der Waals surface area contributed by atoms with Gasteiger partial charge in [-0.25, -0.2) is 0 Å². The molecule has 2 N–H and O–H groups in total. The van der Waals surface area contributed by atoms with Gasteiger partial charge in [-0.15, -0.1) is 0 Å². The van der Waals surface area contributed by atoms with Crippen LogP contribution in [0, 0.1) is 0 Å². The topological polar surface area (TPSA) is 62.2 Å². The van der Waals surface area contributed by atoms with Gasteiger partial charge < -0.3 is 15.5 Å². The zero-order valence-corrected chi connectivity index (χ0v) is 16.2. The number of hydrogen-bond donors (Lipinski definition) is 2. The number of anilines is 2. The largest absolute Gasteiger partial charge is 0.367 e. The molecule has 0 spiro atoms. The Bertz CT molecular complexity index is 963. The van der Waals surface area contributed by atoms with Gasteiger partial charge >= 0.3 is 0 Å². The lowest BCUT2D eigenvalue weighted by molar-refractivity contribution is -0.118. The van der Waals surface area contributed by atoms with Crippen molar-refractivity contribution < 1.29 is 4.79 Å². The molecule has 1 aliphatic heterocycles. The van der Waals surface area contributed by atoms with Crippen molar-refractivity contribution in [1.82, 2.24) is 15.1 Å². The highest BCUT2D eigenvalue weighted by Gasteiger charge is 2.21. The number of fused-ring (bicyclic) bond motifs is 1. The van der Waals surface area contributed by atoms with E-state index >= 15 is 0 Å². The van der Waals surface area contributed by atoms with Crippen molar-refractivity contribution in [2.24, 2.45) is 7.05 Å². The average Bonchev–Trinajstić information content (AvgIpc) is 3.31. The first-order valence-corrected chi connectivity index (χ1v) is 9.52. The van der Waals surface area contributed by atoms with E-state index in [4.69, 9.17) is 0 Å². The summed E-state index contributed by atoms with van der Waals surface area (Å²) in [7, 11) is 3.61. The van der Waals surface area contributed by atoms with Crippen LogP contribution in [0.25, 0.3) is 0 Å². The predicted molar refractivity (Wildman–Crippen MR) is 111 cm³/mol. The number of carbonyl (C=O) groups is 1. The first-order chi connectivity index (χ1) is 13.6. The van der Waals surface area contributed by atoms with E-state index in [-0.39, 0.29) is 5.91 Å². The van der Waals surface area contributed by atoms with E-state index in [1.165, 1.54) is 16.8 Å². The molecule has 0 radical (unpaired) electrons. The molecule has 2 heterocycles. The first-order valence-electron chi connectivity index (χ1n) is 9.52. The van der Waals surface area contributed by atoms with Gasteiger partial charge in [0.1, 0.15) is 6.04 Å². The highest BCUT2D eigenvalue weighted by Crippen LogP contribution is 2.29. The van der Waals surface area contributed by atoms with Crippen LogP contribution in [0.2, 0.25) is 0 Å². The van der Waals surface area contributed by atoms with Crippen LogP contribution < -0.4 is 15.5 Å². The van der Waals surface area contributed by atoms with E-state index in [1.807, 2.05) is 25.4 Å². The number of nitrogens with zero attached hydrogens (tertiary/aromatic N) is 3. The second-order valence-electron chi connectivity index (χ2n) is 7.16. The summed E-state index contributed by atoms with van der Waals surface area (Å²) in [4.78, 5) is 15.0. The average molecular weight is 375 g/mol. The maximum atomic E-state index is 12.6. The van der Waals surface area contributed by atoms with E-state index in [0.717, 1.165) is 30.8 Å². The lowest BCUT2D eigenvalue weighted by atomic mass is 10.1. The smallest absolute Gasteiger partial charge is 0.246 e. The number of amides is 1. The number of benzene rings is 2. The van der Waals surface area contributed by atoms with Gasteiger partial charge in [0.25, 0.3) is 0 Å². The molecule has 1 atom stereocenters. The minimum atomic E-state index is -0.436. The summed E-state index contributed by atoms with van der Waals surface area (Å²) in [6, 6.07) is 16.2. The van der Waals surface area contributed by atoms with Crippen molar-refractivity contribution in [2.45, 2.75) is 19.0 Å². The number of aromatic nitrogens is 2. The summed E-state index contributed by atoms with van der Waals surface area (Å²) < 4.78 is 1.69. The van der Waals surface area contributed by atoms with Gasteiger partial charge in [-0.3, -0.25) is 9.48 Å². The van der Waals surface area contributed by atoms with E-state index < -0.39 is 6.04 Å². The van der Waals surface area contributed by atoms with Crippen molar-refractivity contribution in [3.63, 3.8) is 0 Å². The second-order valence-corrected chi connectivity index (χ2v) is 7.16. The highest BCUT2D eigenvalue weighted by atomic mass is 16.2. The number of rotatable bonds is 6. The number of aryl methyl sites for hydroxylation is 1. The second kappa shape index (κ2) is 7.86. The predicted octanol–water partition coefficient (Wildman–Crippen LogP) is 2.88. The van der Waals surface area contributed by atoms with Crippen molar-refractivity contribution >= 4 is 17.3 Å². The zero-order valence-electron chi connectivity index (χ0n) is 16.2. The van der Waals surface area contributed by atoms with E-state index in [0.29, 0.717) is 0 Å². The molecule has 1 amide bonds. The normalized spacial score (nSPS) is 14.0. The number of carbonyl (C=O) groups excluding carboxylic acids is 1. The van der Waals surface area contributed by atoms with Gasteiger partial charge in [-0.05, 0) is 42.8 Å². The third-order valence-corrected chi connectivity index (χ3v) is 5.19. The molecule has 0 saturated carbocycles. The fraction of sp³-hybridized carbons (Fsp3) is 0.273. The number of nitrogens with one attached hydrogen (secondary N) is 2. The fourth-order valence-electron chi connectivity index (χ4n) is 3.74. The van der Waals surface area contributed by atoms with Gasteiger partial charge in [0.05, 0.1) is 6.20 Å². The van der Waals surface area contributed by atoms with E-state index in [2.05, 4.69) is 57.0 Å². The molecule has 0 bridgehead atoms. The number of likely N-dealkylation sites (N-methyl/N-ethyl adjacent to an activating group) is 1. The van der Waals surface area contributed by atoms with Crippen molar-refractivity contribution in [1.29, 1.82) is 0 Å². The van der Waals surface area contributed by atoms with Crippen molar-refractivity contribution in [2.75, 3.05) is 23.8 Å². The SMILES string of the molecule is CNC(C(=O)Nc1ccc(CN2CCc3ccccc32)cc1)c1cnn(C)c1. The molecule has 1 unspecified atom stereocenters.